The lowest BCUT2D eigenvalue weighted by atomic mass is 9.90. The normalized spacial score (nSPS) is 23.7. The molecule has 1 unspecified atom stereocenters. The molecular weight excluding hydrogens is 347 g/mol. The second kappa shape index (κ2) is 7.29. The van der Waals surface area contributed by atoms with E-state index in [2.05, 4.69) is 4.90 Å². The molecule has 1 amide bonds. The van der Waals surface area contributed by atoms with Crippen molar-refractivity contribution in [3.63, 3.8) is 0 Å². The number of hydrogen-bond acceptors (Lipinski definition) is 4. The van der Waals surface area contributed by atoms with Gasteiger partial charge in [-0.15, -0.1) is 0 Å². The molecular formula is C21H23FN2O3. The maximum atomic E-state index is 13.2. The molecule has 1 spiro atoms. The van der Waals surface area contributed by atoms with Crippen LogP contribution in [-0.4, -0.2) is 47.8 Å². The number of aromatic hydroxyl groups is 1. The summed E-state index contributed by atoms with van der Waals surface area (Å²) >= 11 is 0. The van der Waals surface area contributed by atoms with Crippen LogP contribution in [0.1, 0.15) is 18.4 Å². The summed E-state index contributed by atoms with van der Waals surface area (Å²) in [4.78, 5) is 16.4. The number of halogens is 1. The topological polar surface area (TPSA) is 53.0 Å². The molecule has 0 bridgehead atoms. The SMILES string of the molecule is O=C1COC2(CCCN(Cc3ccc(O)cc3)C2)CN1c1ccc(F)cc1. The van der Waals surface area contributed by atoms with Crippen molar-refractivity contribution < 1.29 is 19.0 Å². The summed E-state index contributed by atoms with van der Waals surface area (Å²) in [6.45, 7) is 3.00. The van der Waals surface area contributed by atoms with E-state index in [-0.39, 0.29) is 24.1 Å². The first-order valence-electron chi connectivity index (χ1n) is 9.23. The van der Waals surface area contributed by atoms with E-state index < -0.39 is 5.60 Å². The molecule has 6 heteroatoms. The van der Waals surface area contributed by atoms with Gasteiger partial charge >= 0.3 is 0 Å². The van der Waals surface area contributed by atoms with Crippen LogP contribution in [-0.2, 0) is 16.1 Å². The number of rotatable bonds is 3. The average Bonchev–Trinajstić information content (AvgIpc) is 2.67. The zero-order chi connectivity index (χ0) is 18.9. The highest BCUT2D eigenvalue weighted by Crippen LogP contribution is 2.32. The predicted molar refractivity (Wildman–Crippen MR) is 100 cm³/mol. The number of carbonyl (C=O) groups excluding carboxylic acids is 1. The van der Waals surface area contributed by atoms with Gasteiger partial charge in [0.2, 0.25) is 0 Å². The van der Waals surface area contributed by atoms with Gasteiger partial charge in [-0.2, -0.15) is 0 Å². The summed E-state index contributed by atoms with van der Waals surface area (Å²) in [5, 5.41) is 9.45. The number of piperidine rings is 1. The minimum atomic E-state index is -0.405. The Bertz CT molecular complexity index is 809. The molecule has 5 nitrogen and oxygen atoms in total. The second-order valence-corrected chi connectivity index (χ2v) is 7.41. The quantitative estimate of drug-likeness (QED) is 0.903. The van der Waals surface area contributed by atoms with E-state index >= 15 is 0 Å². The van der Waals surface area contributed by atoms with Gasteiger partial charge in [0, 0.05) is 18.8 Å². The number of phenols is 1. The van der Waals surface area contributed by atoms with Gasteiger partial charge in [0.05, 0.1) is 12.1 Å². The van der Waals surface area contributed by atoms with Crippen LogP contribution >= 0.6 is 0 Å². The van der Waals surface area contributed by atoms with Crippen molar-refractivity contribution in [3.05, 3.63) is 59.9 Å². The Balaban J connectivity index is 1.48. The summed E-state index contributed by atoms with van der Waals surface area (Å²) in [5.41, 5.74) is 1.43. The van der Waals surface area contributed by atoms with E-state index in [0.717, 1.165) is 38.0 Å². The molecule has 27 heavy (non-hydrogen) atoms. The minimum absolute atomic E-state index is 0.0461. The molecule has 142 valence electrons. The molecule has 0 saturated carbocycles. The number of hydrogen-bond donors (Lipinski definition) is 1. The third-order valence-corrected chi connectivity index (χ3v) is 5.35. The fourth-order valence-corrected chi connectivity index (χ4v) is 4.00. The van der Waals surface area contributed by atoms with Gasteiger partial charge in [0.25, 0.3) is 5.91 Å². The molecule has 2 heterocycles. The Kier molecular flexibility index (Phi) is 4.85. The lowest BCUT2D eigenvalue weighted by Gasteiger charge is -2.47. The average molecular weight is 370 g/mol. The number of ether oxygens (including phenoxy) is 1. The van der Waals surface area contributed by atoms with Crippen LogP contribution in [0, 0.1) is 5.82 Å². The summed E-state index contributed by atoms with van der Waals surface area (Å²) in [6, 6.07) is 13.3. The zero-order valence-corrected chi connectivity index (χ0v) is 15.1. The van der Waals surface area contributed by atoms with Crippen LogP contribution in [0.2, 0.25) is 0 Å². The Hall–Kier alpha value is -2.44. The number of phenolic OH excluding ortho intramolecular Hbond substituents is 1. The molecule has 4 rings (SSSR count). The number of benzene rings is 2. The van der Waals surface area contributed by atoms with Crippen LogP contribution < -0.4 is 4.90 Å². The van der Waals surface area contributed by atoms with Gasteiger partial charge in [-0.25, -0.2) is 4.39 Å². The summed E-state index contributed by atoms with van der Waals surface area (Å²) in [7, 11) is 0. The minimum Gasteiger partial charge on any atom is -0.508 e. The Labute approximate surface area is 158 Å². The molecule has 2 fully saturated rings. The molecule has 2 saturated heterocycles. The van der Waals surface area contributed by atoms with Crippen LogP contribution in [0.3, 0.4) is 0 Å². The van der Waals surface area contributed by atoms with Gasteiger partial charge in [-0.05, 0) is 61.3 Å². The third-order valence-electron chi connectivity index (χ3n) is 5.35. The van der Waals surface area contributed by atoms with Crippen molar-refractivity contribution >= 4 is 11.6 Å². The number of amides is 1. The molecule has 2 aromatic carbocycles. The Morgan fingerprint density at radius 3 is 2.56 bits per heavy atom. The van der Waals surface area contributed by atoms with Gasteiger partial charge in [0.15, 0.2) is 0 Å². The van der Waals surface area contributed by atoms with E-state index in [1.807, 2.05) is 12.1 Å². The number of morpholine rings is 1. The maximum absolute atomic E-state index is 13.2. The van der Waals surface area contributed by atoms with Crippen LogP contribution in [0.25, 0.3) is 0 Å². The van der Waals surface area contributed by atoms with Crippen molar-refractivity contribution in [2.75, 3.05) is 31.1 Å². The van der Waals surface area contributed by atoms with Crippen LogP contribution in [0.4, 0.5) is 10.1 Å². The standard InChI is InChI=1S/C21H23FN2O3/c22-17-4-6-18(7-5-17)24-15-21(27-13-20(24)26)10-1-11-23(14-21)12-16-2-8-19(25)9-3-16/h2-9,25H,1,10-15H2. The van der Waals surface area contributed by atoms with Crippen molar-refractivity contribution in [2.24, 2.45) is 0 Å². The van der Waals surface area contributed by atoms with Crippen molar-refractivity contribution in [3.8, 4) is 5.75 Å². The van der Waals surface area contributed by atoms with E-state index in [4.69, 9.17) is 4.74 Å². The smallest absolute Gasteiger partial charge is 0.253 e. The predicted octanol–water partition coefficient (Wildman–Crippen LogP) is 2.93. The lowest BCUT2D eigenvalue weighted by molar-refractivity contribution is -0.146. The number of carbonyl (C=O) groups is 1. The molecule has 2 aliphatic rings. The Morgan fingerprint density at radius 1 is 1.07 bits per heavy atom. The third kappa shape index (κ3) is 3.96. The van der Waals surface area contributed by atoms with E-state index in [0.29, 0.717) is 12.2 Å². The van der Waals surface area contributed by atoms with Crippen molar-refractivity contribution in [2.45, 2.75) is 25.0 Å². The van der Waals surface area contributed by atoms with Gasteiger partial charge in [0.1, 0.15) is 18.2 Å². The van der Waals surface area contributed by atoms with E-state index in [1.165, 1.54) is 12.1 Å². The fourth-order valence-electron chi connectivity index (χ4n) is 4.00. The molecule has 0 aromatic heterocycles. The van der Waals surface area contributed by atoms with Crippen LogP contribution in [0.15, 0.2) is 48.5 Å². The molecule has 0 radical (unpaired) electrons. The lowest BCUT2D eigenvalue weighted by Crippen LogP contribution is -2.61. The summed E-state index contributed by atoms with van der Waals surface area (Å²) in [5.74, 6) is -0.146. The number of likely N-dealkylation sites (tertiary alicyclic amines) is 1. The maximum Gasteiger partial charge on any atom is 0.253 e. The highest BCUT2D eigenvalue weighted by molar-refractivity contribution is 5.95. The van der Waals surface area contributed by atoms with Crippen molar-refractivity contribution in [1.29, 1.82) is 0 Å². The number of anilines is 1. The first kappa shape index (κ1) is 17.9. The first-order chi connectivity index (χ1) is 13.0. The van der Waals surface area contributed by atoms with Gasteiger partial charge in [-0.3, -0.25) is 9.69 Å². The first-order valence-corrected chi connectivity index (χ1v) is 9.23. The highest BCUT2D eigenvalue weighted by Gasteiger charge is 2.43. The molecule has 0 aliphatic carbocycles. The van der Waals surface area contributed by atoms with Gasteiger partial charge < -0.3 is 14.7 Å². The highest BCUT2D eigenvalue weighted by atomic mass is 19.1. The second-order valence-electron chi connectivity index (χ2n) is 7.41. The fraction of sp³-hybridized carbons (Fsp3) is 0.381. The Morgan fingerprint density at radius 2 is 1.81 bits per heavy atom. The monoisotopic (exact) mass is 370 g/mol. The van der Waals surface area contributed by atoms with Crippen molar-refractivity contribution in [1.82, 2.24) is 4.90 Å². The largest absolute Gasteiger partial charge is 0.508 e. The van der Waals surface area contributed by atoms with Crippen LogP contribution in [0.5, 0.6) is 5.75 Å². The number of nitrogens with zero attached hydrogens (tertiary/aromatic N) is 2. The van der Waals surface area contributed by atoms with Gasteiger partial charge in [-0.1, -0.05) is 12.1 Å². The summed E-state index contributed by atoms with van der Waals surface area (Å²) in [6.07, 6.45) is 1.88. The van der Waals surface area contributed by atoms with E-state index in [9.17, 15) is 14.3 Å². The molecule has 1 N–H and O–H groups in total. The summed E-state index contributed by atoms with van der Waals surface area (Å²) < 4.78 is 19.3. The molecule has 2 aliphatic heterocycles. The molecule has 2 aromatic rings. The molecule has 1 atom stereocenters. The van der Waals surface area contributed by atoms with E-state index in [1.54, 1.807) is 29.2 Å². The zero-order valence-electron chi connectivity index (χ0n) is 15.1.